The molecule has 2 nitrogen and oxygen atoms in total. The lowest BCUT2D eigenvalue weighted by molar-refractivity contribution is 0.425. The fourth-order valence-corrected chi connectivity index (χ4v) is 1.87. The second-order valence-electron chi connectivity index (χ2n) is 3.80. The van der Waals surface area contributed by atoms with Crippen LogP contribution in [0.5, 0.6) is 0 Å². The summed E-state index contributed by atoms with van der Waals surface area (Å²) in [7, 11) is 0. The van der Waals surface area contributed by atoms with Gasteiger partial charge in [0, 0.05) is 6.04 Å². The third-order valence-corrected chi connectivity index (χ3v) is 2.77. The van der Waals surface area contributed by atoms with Gasteiger partial charge in [0.15, 0.2) is 0 Å². The van der Waals surface area contributed by atoms with Crippen LogP contribution in [-0.4, -0.2) is 6.04 Å². The van der Waals surface area contributed by atoms with Gasteiger partial charge in [-0.05, 0) is 25.7 Å². The molecule has 3 N–H and O–H groups in total. The molecule has 0 amide bonds. The lowest BCUT2D eigenvalue weighted by Gasteiger charge is -2.12. The van der Waals surface area contributed by atoms with E-state index in [0.717, 1.165) is 5.92 Å². The minimum absolute atomic E-state index is 0.496. The van der Waals surface area contributed by atoms with Crippen LogP contribution in [0.3, 0.4) is 0 Å². The highest BCUT2D eigenvalue weighted by Gasteiger charge is 2.15. The second-order valence-corrected chi connectivity index (χ2v) is 3.80. The zero-order valence-corrected chi connectivity index (χ0v) is 7.47. The summed E-state index contributed by atoms with van der Waals surface area (Å²) in [4.78, 5) is 0. The van der Waals surface area contributed by atoms with Crippen LogP contribution in [0.1, 0.15) is 45.4 Å². The summed E-state index contributed by atoms with van der Waals surface area (Å²) in [6, 6.07) is 0.496. The Bertz CT molecular complexity index is 97.7. The first-order chi connectivity index (χ1) is 5.33. The number of hydrogen-bond acceptors (Lipinski definition) is 2. The van der Waals surface area contributed by atoms with E-state index in [0.29, 0.717) is 6.04 Å². The Hall–Kier alpha value is -0.0800. The van der Waals surface area contributed by atoms with Gasteiger partial charge < -0.3 is 0 Å². The van der Waals surface area contributed by atoms with E-state index >= 15 is 0 Å². The maximum atomic E-state index is 5.31. The molecule has 0 aromatic carbocycles. The molecular formula is C9H20N2. The highest BCUT2D eigenvalue weighted by molar-refractivity contribution is 4.69. The van der Waals surface area contributed by atoms with Crippen LogP contribution in [0, 0.1) is 5.92 Å². The molecule has 1 unspecified atom stereocenters. The Morgan fingerprint density at radius 2 is 2.09 bits per heavy atom. The molecular weight excluding hydrogens is 136 g/mol. The zero-order valence-electron chi connectivity index (χ0n) is 7.47. The molecule has 0 aromatic heterocycles. The molecule has 0 aromatic rings. The van der Waals surface area contributed by atoms with E-state index in [9.17, 15) is 0 Å². The Morgan fingerprint density at radius 1 is 1.45 bits per heavy atom. The summed E-state index contributed by atoms with van der Waals surface area (Å²) in [5.74, 6) is 6.31. The van der Waals surface area contributed by atoms with Gasteiger partial charge >= 0.3 is 0 Å². The van der Waals surface area contributed by atoms with Gasteiger partial charge in [0.25, 0.3) is 0 Å². The lowest BCUT2D eigenvalue weighted by atomic mass is 9.99. The first-order valence-electron chi connectivity index (χ1n) is 4.79. The van der Waals surface area contributed by atoms with Gasteiger partial charge in [-0.2, -0.15) is 0 Å². The minimum Gasteiger partial charge on any atom is -0.271 e. The summed E-state index contributed by atoms with van der Waals surface area (Å²) in [6.07, 6.45) is 8.42. The highest BCUT2D eigenvalue weighted by Crippen LogP contribution is 2.28. The fourth-order valence-electron chi connectivity index (χ4n) is 1.87. The molecule has 11 heavy (non-hydrogen) atoms. The van der Waals surface area contributed by atoms with Crippen molar-refractivity contribution in [3.05, 3.63) is 0 Å². The number of nitrogens with one attached hydrogen (secondary N) is 1. The second kappa shape index (κ2) is 4.73. The molecule has 0 bridgehead atoms. The highest BCUT2D eigenvalue weighted by atomic mass is 15.2. The van der Waals surface area contributed by atoms with Crippen LogP contribution < -0.4 is 11.3 Å². The maximum absolute atomic E-state index is 5.31. The van der Waals surface area contributed by atoms with E-state index in [1.54, 1.807) is 0 Å². The van der Waals surface area contributed by atoms with Gasteiger partial charge in [-0.25, -0.2) is 0 Å². The maximum Gasteiger partial charge on any atom is 0.0182 e. The van der Waals surface area contributed by atoms with E-state index in [2.05, 4.69) is 12.3 Å². The SMILES string of the molecule is CC(CCC1CCCC1)NN. The van der Waals surface area contributed by atoms with E-state index < -0.39 is 0 Å². The van der Waals surface area contributed by atoms with Crippen molar-refractivity contribution < 1.29 is 0 Å². The molecule has 2 heteroatoms. The topological polar surface area (TPSA) is 38.0 Å². The number of nitrogens with two attached hydrogens (primary N) is 1. The van der Waals surface area contributed by atoms with Gasteiger partial charge in [-0.15, -0.1) is 0 Å². The van der Waals surface area contributed by atoms with E-state index in [1.807, 2.05) is 0 Å². The molecule has 0 aliphatic heterocycles. The van der Waals surface area contributed by atoms with Crippen molar-refractivity contribution in [1.29, 1.82) is 0 Å². The monoisotopic (exact) mass is 156 g/mol. The van der Waals surface area contributed by atoms with Crippen LogP contribution >= 0.6 is 0 Å². The van der Waals surface area contributed by atoms with Crippen molar-refractivity contribution in [3.8, 4) is 0 Å². The van der Waals surface area contributed by atoms with Gasteiger partial charge in [0.1, 0.15) is 0 Å². The fraction of sp³-hybridized carbons (Fsp3) is 1.00. The molecule has 0 spiro atoms. The first-order valence-corrected chi connectivity index (χ1v) is 4.79. The van der Waals surface area contributed by atoms with Crippen molar-refractivity contribution in [2.24, 2.45) is 11.8 Å². The molecule has 66 valence electrons. The van der Waals surface area contributed by atoms with E-state index in [-0.39, 0.29) is 0 Å². The predicted molar refractivity (Wildman–Crippen MR) is 48.0 cm³/mol. The summed E-state index contributed by atoms with van der Waals surface area (Å²) in [6.45, 7) is 2.15. The molecule has 0 heterocycles. The van der Waals surface area contributed by atoms with Crippen LogP contribution in [0.25, 0.3) is 0 Å². The van der Waals surface area contributed by atoms with Crippen molar-refractivity contribution in [3.63, 3.8) is 0 Å². The van der Waals surface area contributed by atoms with E-state index in [1.165, 1.54) is 38.5 Å². The molecule has 1 saturated carbocycles. The van der Waals surface area contributed by atoms with Crippen molar-refractivity contribution in [2.45, 2.75) is 51.5 Å². The van der Waals surface area contributed by atoms with Crippen molar-refractivity contribution in [1.82, 2.24) is 5.43 Å². The van der Waals surface area contributed by atoms with Gasteiger partial charge in [-0.1, -0.05) is 25.7 Å². The van der Waals surface area contributed by atoms with Crippen LogP contribution in [-0.2, 0) is 0 Å². The van der Waals surface area contributed by atoms with Gasteiger partial charge in [-0.3, -0.25) is 11.3 Å². The van der Waals surface area contributed by atoms with E-state index in [4.69, 9.17) is 5.84 Å². The summed E-state index contributed by atoms with van der Waals surface area (Å²) in [5, 5.41) is 0. The third kappa shape index (κ3) is 3.21. The quantitative estimate of drug-likeness (QED) is 0.481. The average molecular weight is 156 g/mol. The van der Waals surface area contributed by atoms with Crippen LogP contribution in [0.15, 0.2) is 0 Å². The van der Waals surface area contributed by atoms with Gasteiger partial charge in [0.05, 0.1) is 0 Å². The van der Waals surface area contributed by atoms with Crippen LogP contribution in [0.4, 0.5) is 0 Å². The Balaban J connectivity index is 2.01. The smallest absolute Gasteiger partial charge is 0.0182 e. The molecule has 1 aliphatic rings. The zero-order chi connectivity index (χ0) is 8.10. The summed E-state index contributed by atoms with van der Waals surface area (Å²) < 4.78 is 0. The largest absolute Gasteiger partial charge is 0.271 e. The standard InChI is InChI=1S/C9H20N2/c1-8(11-10)6-7-9-4-2-3-5-9/h8-9,11H,2-7,10H2,1H3. The Kier molecular flexibility index (Phi) is 3.87. The molecule has 0 saturated heterocycles. The lowest BCUT2D eigenvalue weighted by Crippen LogP contribution is -2.32. The summed E-state index contributed by atoms with van der Waals surface area (Å²) >= 11 is 0. The van der Waals surface area contributed by atoms with Gasteiger partial charge in [0.2, 0.25) is 0 Å². The molecule has 1 aliphatic carbocycles. The Labute approximate surface area is 69.5 Å². The third-order valence-electron chi connectivity index (χ3n) is 2.77. The Morgan fingerprint density at radius 3 is 2.64 bits per heavy atom. The predicted octanol–water partition coefficient (Wildman–Crippen LogP) is 1.81. The molecule has 1 atom stereocenters. The molecule has 0 radical (unpaired) electrons. The number of rotatable bonds is 4. The molecule has 1 rings (SSSR count). The summed E-state index contributed by atoms with van der Waals surface area (Å²) in [5.41, 5.74) is 2.79. The van der Waals surface area contributed by atoms with Crippen LogP contribution in [0.2, 0.25) is 0 Å². The number of hydrogen-bond donors (Lipinski definition) is 2. The first kappa shape index (κ1) is 9.01. The number of hydrazine groups is 1. The van der Waals surface area contributed by atoms with Crippen molar-refractivity contribution >= 4 is 0 Å². The average Bonchev–Trinajstić information content (AvgIpc) is 2.52. The van der Waals surface area contributed by atoms with Crippen molar-refractivity contribution in [2.75, 3.05) is 0 Å². The molecule has 1 fully saturated rings. The minimum atomic E-state index is 0.496. The normalized spacial score (nSPS) is 22.4.